The van der Waals surface area contributed by atoms with Gasteiger partial charge in [-0.15, -0.1) is 11.6 Å². The number of nitrogens with two attached hydrogens (primary N) is 1. The molecule has 1 fully saturated rings. The second kappa shape index (κ2) is 11.2. The Balaban J connectivity index is 1.42. The maximum Gasteiger partial charge on any atom is 0.342 e. The average Bonchev–Trinajstić information content (AvgIpc) is 2.78. The molecular weight excluding hydrogens is 402 g/mol. The average molecular weight is 432 g/mol. The van der Waals surface area contributed by atoms with Crippen LogP contribution >= 0.6 is 11.6 Å². The third kappa shape index (κ3) is 6.35. The molecule has 0 saturated heterocycles. The summed E-state index contributed by atoms with van der Waals surface area (Å²) in [5.74, 6) is 7.04. The summed E-state index contributed by atoms with van der Waals surface area (Å²) < 4.78 is 0. The zero-order valence-electron chi connectivity index (χ0n) is 17.1. The van der Waals surface area contributed by atoms with E-state index in [-0.39, 0.29) is 17.1 Å². The summed E-state index contributed by atoms with van der Waals surface area (Å²) in [6.07, 6.45) is 17.3. The highest BCUT2D eigenvalue weighted by Crippen LogP contribution is 2.25. The quantitative estimate of drug-likeness (QED) is 0.126. The summed E-state index contributed by atoms with van der Waals surface area (Å²) in [6, 6.07) is -0.542. The molecule has 1 aromatic rings. The first-order chi connectivity index (χ1) is 14.6. The van der Waals surface area contributed by atoms with E-state index in [0.717, 1.165) is 36.7 Å². The van der Waals surface area contributed by atoms with Crippen molar-refractivity contribution in [3.8, 4) is 0 Å². The molecule has 8 nitrogen and oxygen atoms in total. The summed E-state index contributed by atoms with van der Waals surface area (Å²) in [5, 5.41) is 14.1. The monoisotopic (exact) mass is 431 g/mol. The van der Waals surface area contributed by atoms with Crippen molar-refractivity contribution in [1.82, 2.24) is 20.6 Å². The molecule has 5 N–H and O–H groups in total. The van der Waals surface area contributed by atoms with E-state index in [1.54, 1.807) is 0 Å². The maximum absolute atomic E-state index is 12.4. The summed E-state index contributed by atoms with van der Waals surface area (Å²) in [4.78, 5) is 20.4. The van der Waals surface area contributed by atoms with Gasteiger partial charge in [0.1, 0.15) is 0 Å². The zero-order valence-corrected chi connectivity index (χ0v) is 17.8. The Morgan fingerprint density at radius 2 is 2.10 bits per heavy atom. The summed E-state index contributed by atoms with van der Waals surface area (Å²) >= 11 is 6.52. The molecule has 2 aliphatic rings. The van der Waals surface area contributed by atoms with Crippen molar-refractivity contribution in [3.63, 3.8) is 0 Å². The first-order valence-corrected chi connectivity index (χ1v) is 10.9. The van der Waals surface area contributed by atoms with Crippen molar-refractivity contribution in [2.24, 2.45) is 17.7 Å². The highest BCUT2D eigenvalue weighted by molar-refractivity contribution is 6.22. The van der Waals surface area contributed by atoms with E-state index in [0.29, 0.717) is 11.4 Å². The van der Waals surface area contributed by atoms with Gasteiger partial charge in [-0.05, 0) is 56.3 Å². The van der Waals surface area contributed by atoms with Crippen LogP contribution in [0.2, 0.25) is 0 Å². The molecule has 30 heavy (non-hydrogen) atoms. The Bertz CT molecular complexity index is 774. The lowest BCUT2D eigenvalue weighted by Crippen LogP contribution is -2.45. The molecule has 1 aromatic heterocycles. The molecule has 0 spiro atoms. The number of carbonyl (C=O) groups is 1. The van der Waals surface area contributed by atoms with Gasteiger partial charge < -0.3 is 16.0 Å². The molecule has 162 valence electrons. The Morgan fingerprint density at radius 1 is 1.30 bits per heavy atom. The van der Waals surface area contributed by atoms with E-state index in [2.05, 4.69) is 20.6 Å². The Labute approximate surface area is 182 Å². The van der Waals surface area contributed by atoms with Crippen molar-refractivity contribution in [1.29, 1.82) is 5.41 Å². The van der Waals surface area contributed by atoms with E-state index < -0.39 is 6.03 Å². The SMILES string of the molecule is N=Cc1cnc(N(N)C(=O)NC2=CC(Cl)C(CCNCC3CCCCC3)C=C2)cn1. The second-order valence-corrected chi connectivity index (χ2v) is 8.33. The second-order valence-electron chi connectivity index (χ2n) is 7.83. The first kappa shape index (κ1) is 22.4. The third-order valence-corrected chi connectivity index (χ3v) is 6.06. The normalized spacial score (nSPS) is 21.7. The van der Waals surface area contributed by atoms with Gasteiger partial charge in [-0.3, -0.25) is 0 Å². The minimum absolute atomic E-state index is 0.183. The minimum Gasteiger partial charge on any atom is -0.316 e. The van der Waals surface area contributed by atoms with Gasteiger partial charge in [-0.2, -0.15) is 0 Å². The maximum atomic E-state index is 12.4. The molecule has 3 rings (SSSR count). The molecule has 0 radical (unpaired) electrons. The van der Waals surface area contributed by atoms with Gasteiger partial charge in [0.15, 0.2) is 5.82 Å². The number of amides is 2. The molecule has 0 aromatic carbocycles. The number of alkyl halides is 1. The van der Waals surface area contributed by atoms with Crippen molar-refractivity contribution in [3.05, 3.63) is 42.0 Å². The summed E-state index contributed by atoms with van der Waals surface area (Å²) in [5.41, 5.74) is 0.987. The molecule has 1 heterocycles. The minimum atomic E-state index is -0.542. The lowest BCUT2D eigenvalue weighted by molar-refractivity contribution is 0.248. The van der Waals surface area contributed by atoms with Crippen LogP contribution in [0.15, 0.2) is 36.3 Å². The number of allylic oxidation sites excluding steroid dienone is 3. The fourth-order valence-corrected chi connectivity index (χ4v) is 4.15. The van der Waals surface area contributed by atoms with Crippen LogP contribution in [0, 0.1) is 17.2 Å². The van der Waals surface area contributed by atoms with Crippen LogP contribution in [0.4, 0.5) is 10.6 Å². The number of urea groups is 1. The van der Waals surface area contributed by atoms with Gasteiger partial charge in [0.25, 0.3) is 0 Å². The molecule has 2 amide bonds. The van der Waals surface area contributed by atoms with Crippen LogP contribution in [-0.2, 0) is 0 Å². The van der Waals surface area contributed by atoms with Crippen molar-refractivity contribution < 1.29 is 4.79 Å². The smallest absolute Gasteiger partial charge is 0.316 e. The number of halogens is 1. The first-order valence-electron chi connectivity index (χ1n) is 10.5. The number of hydrazine groups is 1. The number of hydrogen-bond acceptors (Lipinski definition) is 6. The van der Waals surface area contributed by atoms with Gasteiger partial charge in [-0.1, -0.05) is 25.3 Å². The summed E-state index contributed by atoms with van der Waals surface area (Å²) in [6.45, 7) is 2.03. The lowest BCUT2D eigenvalue weighted by atomic mass is 9.89. The molecular formula is C21H30ClN7O. The van der Waals surface area contributed by atoms with Crippen LogP contribution in [0.1, 0.15) is 44.2 Å². The number of nitrogens with zero attached hydrogens (tertiary/aromatic N) is 3. The molecule has 9 heteroatoms. The number of nitrogens with one attached hydrogen (secondary N) is 3. The Kier molecular flexibility index (Phi) is 8.36. The standard InChI is InChI=1S/C21H30ClN7O/c22-19-10-17(28-21(30)29(24)20-14-26-18(11-23)13-27-20)7-6-16(19)8-9-25-12-15-4-2-1-3-5-15/h6-7,10-11,13-16,19,23,25H,1-5,8-9,12,24H2,(H,28,30). The van der Waals surface area contributed by atoms with E-state index in [1.807, 2.05) is 18.2 Å². The fraction of sp³-hybridized carbons (Fsp3) is 0.524. The van der Waals surface area contributed by atoms with E-state index in [9.17, 15) is 4.79 Å². The number of aromatic nitrogens is 2. The molecule has 2 atom stereocenters. The predicted molar refractivity (Wildman–Crippen MR) is 120 cm³/mol. The van der Waals surface area contributed by atoms with Gasteiger partial charge in [-0.25, -0.2) is 25.6 Å². The van der Waals surface area contributed by atoms with Gasteiger partial charge in [0, 0.05) is 11.9 Å². The van der Waals surface area contributed by atoms with Crippen LogP contribution in [0.5, 0.6) is 0 Å². The largest absolute Gasteiger partial charge is 0.342 e. The molecule has 2 unspecified atom stereocenters. The molecule has 2 aliphatic carbocycles. The zero-order chi connectivity index (χ0) is 21.3. The molecule has 1 saturated carbocycles. The lowest BCUT2D eigenvalue weighted by Gasteiger charge is -2.24. The van der Waals surface area contributed by atoms with Crippen molar-refractivity contribution in [2.75, 3.05) is 18.1 Å². The van der Waals surface area contributed by atoms with Crippen LogP contribution in [0.25, 0.3) is 0 Å². The predicted octanol–water partition coefficient (Wildman–Crippen LogP) is 3.10. The van der Waals surface area contributed by atoms with Crippen LogP contribution in [0.3, 0.4) is 0 Å². The highest BCUT2D eigenvalue weighted by atomic mass is 35.5. The Hall–Kier alpha value is -2.29. The Morgan fingerprint density at radius 3 is 2.77 bits per heavy atom. The topological polar surface area (TPSA) is 120 Å². The molecule has 0 aliphatic heterocycles. The number of hydrogen-bond donors (Lipinski definition) is 4. The van der Waals surface area contributed by atoms with Crippen LogP contribution in [-0.4, -0.2) is 40.7 Å². The number of carbonyl (C=O) groups excluding carboxylic acids is 1. The summed E-state index contributed by atoms with van der Waals surface area (Å²) in [7, 11) is 0. The van der Waals surface area contributed by atoms with E-state index in [1.165, 1.54) is 44.5 Å². The fourth-order valence-electron chi connectivity index (χ4n) is 3.81. The van der Waals surface area contributed by atoms with E-state index >= 15 is 0 Å². The van der Waals surface area contributed by atoms with Crippen LogP contribution < -0.4 is 21.5 Å². The van der Waals surface area contributed by atoms with Crippen molar-refractivity contribution >= 4 is 29.7 Å². The van der Waals surface area contributed by atoms with Gasteiger partial charge >= 0.3 is 6.03 Å². The number of rotatable bonds is 8. The van der Waals surface area contributed by atoms with Gasteiger partial charge in [0.2, 0.25) is 0 Å². The third-order valence-electron chi connectivity index (χ3n) is 5.61. The highest BCUT2D eigenvalue weighted by Gasteiger charge is 2.21. The molecule has 0 bridgehead atoms. The number of anilines is 1. The van der Waals surface area contributed by atoms with Gasteiger partial charge in [0.05, 0.1) is 23.5 Å². The van der Waals surface area contributed by atoms with E-state index in [4.69, 9.17) is 22.9 Å². The van der Waals surface area contributed by atoms with Crippen molar-refractivity contribution in [2.45, 2.75) is 43.9 Å².